The summed E-state index contributed by atoms with van der Waals surface area (Å²) in [6.07, 6.45) is 8.32. The number of likely N-dealkylation sites (tertiary alicyclic amines) is 1. The molecule has 1 saturated heterocycles. The number of carbonyl (C=O) groups excluding carboxylic acids is 1. The molecule has 2 heterocycles. The number of hydrogen-bond donors (Lipinski definition) is 1. The van der Waals surface area contributed by atoms with Gasteiger partial charge in [-0.1, -0.05) is 12.1 Å². The topological polar surface area (TPSA) is 54.6 Å². The lowest BCUT2D eigenvalue weighted by molar-refractivity contribution is -0.159. The summed E-state index contributed by atoms with van der Waals surface area (Å²) >= 11 is 0. The van der Waals surface area contributed by atoms with Gasteiger partial charge in [0.1, 0.15) is 6.10 Å². The zero-order valence-corrected chi connectivity index (χ0v) is 16.8. The van der Waals surface area contributed by atoms with Crippen molar-refractivity contribution in [2.24, 2.45) is 5.92 Å². The molecule has 5 heteroatoms. The maximum atomic E-state index is 13.0. The summed E-state index contributed by atoms with van der Waals surface area (Å²) in [5, 5.41) is 1.38. The molecule has 1 aliphatic heterocycles. The molecule has 1 saturated carbocycles. The number of ether oxygens (including phenoxy) is 2. The number of benzene rings is 1. The Hall–Kier alpha value is -1.85. The first kappa shape index (κ1) is 18.2. The summed E-state index contributed by atoms with van der Waals surface area (Å²) in [7, 11) is 3.94. The number of nitrogens with one attached hydrogen (secondary N) is 1. The maximum Gasteiger partial charge on any atom is 0.310 e. The van der Waals surface area contributed by atoms with Crippen molar-refractivity contribution in [1.82, 2.24) is 9.88 Å². The van der Waals surface area contributed by atoms with Crippen LogP contribution in [0.1, 0.15) is 49.1 Å². The van der Waals surface area contributed by atoms with Crippen LogP contribution < -0.4 is 0 Å². The number of H-pyrrole nitrogens is 1. The normalized spacial score (nSPS) is 32.9. The molecule has 150 valence electrons. The number of aromatic amines is 1. The number of nitrogens with zero attached hydrogens (tertiary/aromatic N) is 1. The van der Waals surface area contributed by atoms with Crippen LogP contribution in [-0.2, 0) is 20.7 Å². The number of piperidine rings is 1. The smallest absolute Gasteiger partial charge is 0.310 e. The quantitative estimate of drug-likeness (QED) is 0.824. The number of fused-ring (bicyclic) bond motifs is 2. The lowest BCUT2D eigenvalue weighted by Crippen LogP contribution is -2.50. The largest absolute Gasteiger partial charge is 0.462 e. The highest BCUT2D eigenvalue weighted by Crippen LogP contribution is 2.44. The Morgan fingerprint density at radius 1 is 1.18 bits per heavy atom. The molecule has 0 amide bonds. The van der Waals surface area contributed by atoms with Crippen molar-refractivity contribution in [1.29, 1.82) is 0 Å². The van der Waals surface area contributed by atoms with Gasteiger partial charge in [0.25, 0.3) is 0 Å². The molecule has 1 aromatic carbocycles. The number of esters is 1. The second kappa shape index (κ2) is 7.20. The van der Waals surface area contributed by atoms with Gasteiger partial charge in [0, 0.05) is 42.7 Å². The zero-order chi connectivity index (χ0) is 19.3. The van der Waals surface area contributed by atoms with Gasteiger partial charge < -0.3 is 19.4 Å². The summed E-state index contributed by atoms with van der Waals surface area (Å²) in [6.45, 7) is 0.795. The van der Waals surface area contributed by atoms with E-state index >= 15 is 0 Å². The highest BCUT2D eigenvalue weighted by Gasteiger charge is 2.42. The van der Waals surface area contributed by atoms with Gasteiger partial charge in [-0.15, -0.1) is 0 Å². The Bertz CT molecular complexity index is 868. The maximum absolute atomic E-state index is 13.0. The average Bonchev–Trinajstić information content (AvgIpc) is 3.13. The number of likely N-dealkylation sites (N-methyl/N-ethyl adjacent to an activating group) is 1. The third kappa shape index (κ3) is 3.05. The van der Waals surface area contributed by atoms with E-state index in [1.165, 1.54) is 22.0 Å². The molecule has 2 aromatic rings. The first-order valence-electron chi connectivity index (χ1n) is 10.7. The Balaban J connectivity index is 1.32. The van der Waals surface area contributed by atoms with E-state index in [0.29, 0.717) is 18.1 Å². The van der Waals surface area contributed by atoms with Crippen molar-refractivity contribution in [2.75, 3.05) is 20.7 Å². The van der Waals surface area contributed by atoms with E-state index in [2.05, 4.69) is 41.3 Å². The fourth-order valence-corrected chi connectivity index (χ4v) is 5.76. The van der Waals surface area contributed by atoms with E-state index < -0.39 is 0 Å². The molecule has 0 radical (unpaired) electrons. The van der Waals surface area contributed by atoms with Crippen molar-refractivity contribution >= 4 is 16.9 Å². The van der Waals surface area contributed by atoms with E-state index in [-0.39, 0.29) is 18.0 Å². The first-order valence-corrected chi connectivity index (χ1v) is 10.7. The van der Waals surface area contributed by atoms with Crippen LogP contribution in [0.3, 0.4) is 0 Å². The molecular formula is C23H30N2O3. The van der Waals surface area contributed by atoms with E-state index in [4.69, 9.17) is 9.47 Å². The van der Waals surface area contributed by atoms with Crippen LogP contribution in [0.4, 0.5) is 0 Å². The molecule has 5 rings (SSSR count). The van der Waals surface area contributed by atoms with Gasteiger partial charge in [0.05, 0.1) is 12.0 Å². The second-order valence-corrected chi connectivity index (χ2v) is 8.91. The minimum Gasteiger partial charge on any atom is -0.462 e. The number of carbonyl (C=O) groups is 1. The van der Waals surface area contributed by atoms with Crippen molar-refractivity contribution in [3.8, 4) is 0 Å². The molecule has 1 N–H and O–H groups in total. The van der Waals surface area contributed by atoms with Crippen LogP contribution >= 0.6 is 0 Å². The highest BCUT2D eigenvalue weighted by molar-refractivity contribution is 5.88. The Labute approximate surface area is 166 Å². The zero-order valence-electron chi connectivity index (χ0n) is 16.8. The summed E-state index contributed by atoms with van der Waals surface area (Å²) in [6, 6.07) is 7.01. The van der Waals surface area contributed by atoms with Gasteiger partial charge in [-0.3, -0.25) is 4.79 Å². The van der Waals surface area contributed by atoms with Crippen LogP contribution in [0.2, 0.25) is 0 Å². The van der Waals surface area contributed by atoms with Crippen LogP contribution in [0.15, 0.2) is 24.4 Å². The van der Waals surface area contributed by atoms with Gasteiger partial charge >= 0.3 is 5.97 Å². The monoisotopic (exact) mass is 382 g/mol. The Morgan fingerprint density at radius 3 is 2.75 bits per heavy atom. The highest BCUT2D eigenvalue weighted by atomic mass is 16.5. The van der Waals surface area contributed by atoms with E-state index in [0.717, 1.165) is 45.1 Å². The molecule has 2 fully saturated rings. The van der Waals surface area contributed by atoms with Crippen molar-refractivity contribution in [3.05, 3.63) is 35.5 Å². The fraction of sp³-hybridized carbons (Fsp3) is 0.609. The lowest BCUT2D eigenvalue weighted by Gasteiger charge is -2.45. The van der Waals surface area contributed by atoms with Crippen molar-refractivity contribution in [3.63, 3.8) is 0 Å². The standard InChI is InChI=1S/C23H30N2O3/c1-25-13-15(23(26)28-17-8-6-16(27-2)7-9-17)10-19-18-4-3-5-20-22(18)14(12-24-20)11-21(19)25/h3-5,12,15-17,19,21,24H,6-11,13H2,1-2H3/t15-,16?,17?,19-,21-/m1/s1. The molecule has 0 unspecified atom stereocenters. The molecular weight excluding hydrogens is 352 g/mol. The minimum atomic E-state index is -0.0397. The van der Waals surface area contributed by atoms with Gasteiger partial charge in [-0.25, -0.2) is 0 Å². The predicted octanol–water partition coefficient (Wildman–Crippen LogP) is 3.63. The van der Waals surface area contributed by atoms with Crippen LogP contribution in [0.25, 0.3) is 10.9 Å². The van der Waals surface area contributed by atoms with Crippen LogP contribution in [0.5, 0.6) is 0 Å². The predicted molar refractivity (Wildman–Crippen MR) is 108 cm³/mol. The fourth-order valence-electron chi connectivity index (χ4n) is 5.76. The van der Waals surface area contributed by atoms with E-state index in [1.54, 1.807) is 7.11 Å². The first-order chi connectivity index (χ1) is 13.6. The van der Waals surface area contributed by atoms with Gasteiger partial charge in [0.2, 0.25) is 0 Å². The van der Waals surface area contributed by atoms with Crippen LogP contribution in [-0.4, -0.2) is 54.8 Å². The average molecular weight is 383 g/mol. The van der Waals surface area contributed by atoms with Crippen molar-refractivity contribution < 1.29 is 14.3 Å². The molecule has 3 aliphatic rings. The number of rotatable bonds is 3. The SMILES string of the molecule is COC1CCC(OC(=O)[C@@H]2C[C@@H]3c4cccc5[nH]cc(c45)C[C@H]3N(C)C2)CC1. The van der Waals surface area contributed by atoms with Gasteiger partial charge in [-0.2, -0.15) is 0 Å². The summed E-state index contributed by atoms with van der Waals surface area (Å²) in [4.78, 5) is 18.8. The van der Waals surface area contributed by atoms with Gasteiger partial charge in [0.15, 0.2) is 0 Å². The van der Waals surface area contributed by atoms with Crippen LogP contribution in [0, 0.1) is 5.92 Å². The molecule has 28 heavy (non-hydrogen) atoms. The summed E-state index contributed by atoms with van der Waals surface area (Å²) in [5.74, 6) is 0.355. The molecule has 5 nitrogen and oxygen atoms in total. The third-order valence-electron chi connectivity index (χ3n) is 7.30. The molecule has 2 aliphatic carbocycles. The van der Waals surface area contributed by atoms with Gasteiger partial charge in [-0.05, 0) is 62.8 Å². The molecule has 1 aromatic heterocycles. The molecule has 3 atom stereocenters. The second-order valence-electron chi connectivity index (χ2n) is 8.91. The molecule has 0 spiro atoms. The summed E-state index contributed by atoms with van der Waals surface area (Å²) < 4.78 is 11.4. The minimum absolute atomic E-state index is 0.00166. The van der Waals surface area contributed by atoms with Crippen molar-refractivity contribution in [2.45, 2.75) is 62.7 Å². The third-order valence-corrected chi connectivity index (χ3v) is 7.30. The van der Waals surface area contributed by atoms with E-state index in [9.17, 15) is 4.79 Å². The van der Waals surface area contributed by atoms with E-state index in [1.807, 2.05) is 0 Å². The number of aromatic nitrogens is 1. The number of methoxy groups -OCH3 is 1. The molecule has 0 bridgehead atoms. The summed E-state index contributed by atoms with van der Waals surface area (Å²) in [5.41, 5.74) is 4.03. The number of hydrogen-bond acceptors (Lipinski definition) is 4. The Morgan fingerprint density at radius 2 is 1.96 bits per heavy atom. The lowest BCUT2D eigenvalue weighted by atomic mass is 9.72. The Kier molecular flexibility index (Phi) is 4.68.